The molecule has 0 bridgehead atoms. The fraction of sp³-hybridized carbons (Fsp3) is 0.319. The fourth-order valence-corrected chi connectivity index (χ4v) is 10.6. The van der Waals surface area contributed by atoms with Gasteiger partial charge in [-0.1, -0.05) is 181 Å². The van der Waals surface area contributed by atoms with E-state index in [0.717, 1.165) is 72.6 Å². The Hall–Kier alpha value is -7.57. The SMILES string of the molecule is Cc1cc(C)cc(-c2nc(-c3cc(C(C)(C)C)cc(C(C)(C)C)c3)nc(-c3cc(-c4nc(-c5cc(C)cc(C(C)(C)C)c5)cc(-c5cc(C(C)(C)C)cc(C(C)(C)C)c5)n4)ccc3-n3c4ccccc4c4ccccc43)n2)c1. The molecule has 0 radical (unpaired) electrons. The first-order chi connectivity index (χ1) is 36.5. The average molecular weight is 1030 g/mol. The molecule has 396 valence electrons. The molecule has 3 aromatic heterocycles. The van der Waals surface area contributed by atoms with Crippen molar-refractivity contribution < 1.29 is 0 Å². The molecule has 10 rings (SSSR count). The highest BCUT2D eigenvalue weighted by atomic mass is 15.1. The molecule has 7 aromatic carbocycles. The minimum atomic E-state index is -0.122. The summed E-state index contributed by atoms with van der Waals surface area (Å²) in [7, 11) is 0. The van der Waals surface area contributed by atoms with E-state index in [2.05, 4.69) is 275 Å². The molecule has 0 spiro atoms. The second-order valence-corrected chi connectivity index (χ2v) is 27.2. The van der Waals surface area contributed by atoms with Gasteiger partial charge in [-0.15, -0.1) is 0 Å². The van der Waals surface area contributed by atoms with E-state index in [9.17, 15) is 0 Å². The number of hydrogen-bond acceptors (Lipinski definition) is 5. The zero-order valence-corrected chi connectivity index (χ0v) is 49.5. The second-order valence-electron chi connectivity index (χ2n) is 27.2. The first kappa shape index (κ1) is 53.8. The van der Waals surface area contributed by atoms with Crippen molar-refractivity contribution in [2.24, 2.45) is 0 Å². The third-order valence-corrected chi connectivity index (χ3v) is 15.3. The van der Waals surface area contributed by atoms with E-state index in [-0.39, 0.29) is 27.1 Å². The minimum Gasteiger partial charge on any atom is -0.309 e. The van der Waals surface area contributed by atoms with Crippen LogP contribution in [0.3, 0.4) is 0 Å². The summed E-state index contributed by atoms with van der Waals surface area (Å²) in [5.41, 5.74) is 19.8. The summed E-state index contributed by atoms with van der Waals surface area (Å²) in [5.74, 6) is 2.41. The summed E-state index contributed by atoms with van der Waals surface area (Å²) >= 11 is 0. The Morgan fingerprint density at radius 2 is 0.654 bits per heavy atom. The number of benzene rings is 7. The van der Waals surface area contributed by atoms with E-state index < -0.39 is 0 Å². The molecule has 0 aliphatic rings. The lowest BCUT2D eigenvalue weighted by atomic mass is 9.79. The van der Waals surface area contributed by atoms with Gasteiger partial charge in [0.1, 0.15) is 0 Å². The Labute approximate surface area is 464 Å². The number of para-hydroxylation sites is 2. The molecule has 78 heavy (non-hydrogen) atoms. The molecule has 0 fully saturated rings. The Morgan fingerprint density at radius 3 is 1.12 bits per heavy atom. The first-order valence-electron chi connectivity index (χ1n) is 27.8. The largest absolute Gasteiger partial charge is 0.309 e. The van der Waals surface area contributed by atoms with Crippen LogP contribution in [-0.4, -0.2) is 29.5 Å². The monoisotopic (exact) mass is 1030 g/mol. The standard InChI is InChI=1S/C72H78N6/c1-43-29-44(2)32-49(31-43)65-75-66(50-37-54(71(13,14)15)41-55(38-50)72(16,17)18)77-67(76-65)58-39-46(27-28-63(58)78-61-25-21-19-23-56(61)57-24-20-22-26-62(57)78)64-73-59(47-30-45(3)33-51(34-47)68(4,5)6)42-60(74-64)48-35-52(69(7,8)9)40-53(36-48)70(10,11)12/h19-42H,1-18H3. The maximum Gasteiger partial charge on any atom is 0.166 e. The van der Waals surface area contributed by atoms with Gasteiger partial charge in [0, 0.05) is 44.2 Å². The van der Waals surface area contributed by atoms with Gasteiger partial charge in [-0.25, -0.2) is 24.9 Å². The van der Waals surface area contributed by atoms with Gasteiger partial charge in [-0.3, -0.25) is 0 Å². The van der Waals surface area contributed by atoms with Crippen molar-refractivity contribution in [3.63, 3.8) is 0 Å². The van der Waals surface area contributed by atoms with Crippen LogP contribution in [0.5, 0.6) is 0 Å². The molecule has 0 aliphatic carbocycles. The fourth-order valence-electron chi connectivity index (χ4n) is 10.6. The minimum absolute atomic E-state index is 0.0680. The summed E-state index contributed by atoms with van der Waals surface area (Å²) in [5, 5.41) is 2.34. The highest BCUT2D eigenvalue weighted by molar-refractivity contribution is 6.09. The van der Waals surface area contributed by atoms with Gasteiger partial charge in [0.05, 0.1) is 28.1 Å². The molecule has 6 heteroatoms. The average Bonchev–Trinajstić information content (AvgIpc) is 3.78. The molecular weight excluding hydrogens is 949 g/mol. The van der Waals surface area contributed by atoms with E-state index in [0.29, 0.717) is 23.3 Å². The van der Waals surface area contributed by atoms with Gasteiger partial charge < -0.3 is 4.57 Å². The molecule has 3 heterocycles. The van der Waals surface area contributed by atoms with Crippen molar-refractivity contribution in [3.8, 4) is 73.8 Å². The zero-order chi connectivity index (χ0) is 56.0. The van der Waals surface area contributed by atoms with Gasteiger partial charge in [-0.05, 0) is 161 Å². The van der Waals surface area contributed by atoms with Gasteiger partial charge in [0.2, 0.25) is 0 Å². The maximum absolute atomic E-state index is 5.62. The number of rotatable bonds is 7. The molecule has 0 saturated carbocycles. The van der Waals surface area contributed by atoms with Crippen LogP contribution in [0.1, 0.15) is 148 Å². The summed E-state index contributed by atoms with van der Waals surface area (Å²) in [6.45, 7) is 40.7. The smallest absolute Gasteiger partial charge is 0.166 e. The molecule has 0 amide bonds. The summed E-state index contributed by atoms with van der Waals surface area (Å²) < 4.78 is 2.37. The number of fused-ring (bicyclic) bond motifs is 3. The lowest BCUT2D eigenvalue weighted by Gasteiger charge is -2.26. The van der Waals surface area contributed by atoms with Crippen LogP contribution in [0.25, 0.3) is 95.6 Å². The number of aromatic nitrogens is 6. The predicted molar refractivity (Wildman–Crippen MR) is 330 cm³/mol. The summed E-state index contributed by atoms with van der Waals surface area (Å²) in [6, 6.07) is 53.6. The first-order valence-corrected chi connectivity index (χ1v) is 27.8. The van der Waals surface area contributed by atoms with Crippen LogP contribution in [0.2, 0.25) is 0 Å². The van der Waals surface area contributed by atoms with E-state index in [1.165, 1.54) is 44.2 Å². The third-order valence-electron chi connectivity index (χ3n) is 15.3. The Morgan fingerprint density at radius 1 is 0.295 bits per heavy atom. The lowest BCUT2D eigenvalue weighted by molar-refractivity contribution is 0.568. The molecule has 0 saturated heterocycles. The summed E-state index contributed by atoms with van der Waals surface area (Å²) in [4.78, 5) is 27.8. The van der Waals surface area contributed by atoms with Crippen molar-refractivity contribution >= 4 is 21.8 Å². The normalized spacial score (nSPS) is 12.7. The zero-order valence-electron chi connectivity index (χ0n) is 49.5. The molecule has 0 atom stereocenters. The van der Waals surface area contributed by atoms with Gasteiger partial charge in [-0.2, -0.15) is 0 Å². The van der Waals surface area contributed by atoms with Crippen molar-refractivity contribution in [3.05, 3.63) is 190 Å². The molecular formula is C72H78N6. The third kappa shape index (κ3) is 10.8. The Balaban J connectivity index is 1.32. The molecule has 10 aromatic rings. The Bertz CT molecular complexity index is 3830. The highest BCUT2D eigenvalue weighted by Gasteiger charge is 2.27. The number of nitrogens with zero attached hydrogens (tertiary/aromatic N) is 6. The van der Waals surface area contributed by atoms with Gasteiger partial charge >= 0.3 is 0 Å². The molecule has 6 nitrogen and oxygen atoms in total. The molecule has 0 N–H and O–H groups in total. The molecule has 0 aliphatic heterocycles. The van der Waals surface area contributed by atoms with Crippen LogP contribution in [0, 0.1) is 20.8 Å². The van der Waals surface area contributed by atoms with Crippen LogP contribution in [0.4, 0.5) is 0 Å². The van der Waals surface area contributed by atoms with Crippen molar-refractivity contribution in [1.82, 2.24) is 29.5 Å². The lowest BCUT2D eigenvalue weighted by Crippen LogP contribution is -2.16. The van der Waals surface area contributed by atoms with Crippen molar-refractivity contribution in [2.75, 3.05) is 0 Å². The van der Waals surface area contributed by atoms with E-state index in [4.69, 9.17) is 24.9 Å². The van der Waals surface area contributed by atoms with Crippen LogP contribution < -0.4 is 0 Å². The quantitative estimate of drug-likeness (QED) is 0.159. The van der Waals surface area contributed by atoms with Crippen LogP contribution in [0.15, 0.2) is 146 Å². The van der Waals surface area contributed by atoms with E-state index in [1.54, 1.807) is 0 Å². The van der Waals surface area contributed by atoms with Gasteiger partial charge in [0.25, 0.3) is 0 Å². The van der Waals surface area contributed by atoms with Crippen LogP contribution >= 0.6 is 0 Å². The van der Waals surface area contributed by atoms with Crippen molar-refractivity contribution in [2.45, 2.75) is 152 Å². The van der Waals surface area contributed by atoms with Gasteiger partial charge in [0.15, 0.2) is 23.3 Å². The summed E-state index contributed by atoms with van der Waals surface area (Å²) in [6.07, 6.45) is 0. The second kappa shape index (κ2) is 19.4. The molecule has 0 unspecified atom stereocenters. The van der Waals surface area contributed by atoms with E-state index >= 15 is 0 Å². The number of aryl methyl sites for hydroxylation is 3. The predicted octanol–water partition coefficient (Wildman–Crippen LogP) is 19.2. The van der Waals surface area contributed by atoms with E-state index in [1.807, 2.05) is 0 Å². The van der Waals surface area contributed by atoms with Crippen LogP contribution in [-0.2, 0) is 27.1 Å². The maximum atomic E-state index is 5.62. The van der Waals surface area contributed by atoms with Crippen molar-refractivity contribution in [1.29, 1.82) is 0 Å². The number of hydrogen-bond donors (Lipinski definition) is 0. The Kier molecular flexibility index (Phi) is 13.4. The highest BCUT2D eigenvalue weighted by Crippen LogP contribution is 2.42. The topological polar surface area (TPSA) is 69.4 Å².